The molecule has 0 spiro atoms. The highest BCUT2D eigenvalue weighted by molar-refractivity contribution is 6.51. The van der Waals surface area contributed by atoms with E-state index in [9.17, 15) is 4.79 Å². The first-order chi connectivity index (χ1) is 10.3. The van der Waals surface area contributed by atoms with Gasteiger partial charge in [0.05, 0.1) is 16.5 Å². The van der Waals surface area contributed by atoms with Crippen LogP contribution in [-0.4, -0.2) is 30.9 Å². The van der Waals surface area contributed by atoms with Crippen LogP contribution in [0.2, 0.25) is 10.0 Å². The van der Waals surface area contributed by atoms with Gasteiger partial charge in [-0.05, 0) is 18.2 Å². The van der Waals surface area contributed by atoms with Crippen molar-refractivity contribution in [3.63, 3.8) is 0 Å². The van der Waals surface area contributed by atoms with Gasteiger partial charge in [-0.15, -0.1) is 11.6 Å². The first-order valence-corrected chi connectivity index (χ1v) is 7.93. The van der Waals surface area contributed by atoms with Crippen molar-refractivity contribution in [3.05, 3.63) is 46.5 Å². The molecular weight excluding hydrogens is 393 g/mol. The van der Waals surface area contributed by atoms with Crippen molar-refractivity contribution < 1.29 is 4.79 Å². The number of amides is 1. The predicted octanol–water partition coefficient (Wildman–Crippen LogP) is 3.93. The molecule has 1 aromatic heterocycles. The Hall–Kier alpha value is -0.720. The lowest BCUT2D eigenvalue weighted by Crippen LogP contribution is -2.44. The van der Waals surface area contributed by atoms with Crippen molar-refractivity contribution in [3.8, 4) is 0 Å². The number of alkyl halides is 3. The van der Waals surface area contributed by atoms with Crippen LogP contribution in [0.4, 0.5) is 0 Å². The average Bonchev–Trinajstić information content (AvgIpc) is 2.98. The minimum absolute atomic E-state index is 0.144. The minimum Gasteiger partial charge on any atom is -0.327 e. The van der Waals surface area contributed by atoms with Crippen molar-refractivity contribution in [1.29, 1.82) is 0 Å². The molecule has 1 N–H and O–H groups in total. The van der Waals surface area contributed by atoms with Crippen LogP contribution < -0.4 is 5.32 Å². The van der Waals surface area contributed by atoms with Crippen molar-refractivity contribution in [2.45, 2.75) is 10.5 Å². The third-order valence-electron chi connectivity index (χ3n) is 2.72. The van der Waals surface area contributed by atoms with Crippen LogP contribution >= 0.6 is 58.0 Å². The Bertz CT molecular complexity index is 662. The molecule has 0 fully saturated rings. The zero-order valence-electron chi connectivity index (χ0n) is 10.8. The van der Waals surface area contributed by atoms with Gasteiger partial charge >= 0.3 is 0 Å². The summed E-state index contributed by atoms with van der Waals surface area (Å²) in [5, 5.41) is 7.17. The number of rotatable bonds is 5. The third kappa shape index (κ3) is 3.97. The van der Waals surface area contributed by atoms with E-state index in [0.717, 1.165) is 0 Å². The van der Waals surface area contributed by atoms with Crippen LogP contribution in [0, 0.1) is 0 Å². The summed E-state index contributed by atoms with van der Waals surface area (Å²) in [4.78, 5) is 16.2. The summed E-state index contributed by atoms with van der Waals surface area (Å²) in [5.74, 6) is -0.645. The number of carbonyl (C=O) groups is 1. The van der Waals surface area contributed by atoms with E-state index >= 15 is 0 Å². The molecule has 0 bridgehead atoms. The minimum atomic E-state index is -1.50. The highest BCUT2D eigenvalue weighted by Crippen LogP contribution is 2.33. The third-order valence-corrected chi connectivity index (χ3v) is 4.65. The molecule has 22 heavy (non-hydrogen) atoms. The Labute approximate surface area is 151 Å². The van der Waals surface area contributed by atoms with Gasteiger partial charge in [0.15, 0.2) is 10.5 Å². The smallest absolute Gasteiger partial charge is 0.254 e. The number of hydrogen-bond acceptors (Lipinski definition) is 3. The van der Waals surface area contributed by atoms with Crippen LogP contribution in [0.3, 0.4) is 0 Å². The first kappa shape index (κ1) is 17.6. The molecule has 10 heteroatoms. The summed E-state index contributed by atoms with van der Waals surface area (Å²) in [6.45, 7) is 0. The van der Waals surface area contributed by atoms with E-state index < -0.39 is 16.4 Å². The average molecular weight is 402 g/mol. The second-order valence-corrected chi connectivity index (χ2v) is 6.92. The molecule has 1 aromatic carbocycles. The van der Waals surface area contributed by atoms with Crippen molar-refractivity contribution in [1.82, 2.24) is 20.1 Å². The fourth-order valence-electron chi connectivity index (χ4n) is 1.66. The first-order valence-electron chi connectivity index (χ1n) is 5.89. The number of benzene rings is 1. The van der Waals surface area contributed by atoms with E-state index in [1.807, 2.05) is 0 Å². The zero-order chi connectivity index (χ0) is 16.3. The van der Waals surface area contributed by atoms with Gasteiger partial charge in [0.1, 0.15) is 12.7 Å². The van der Waals surface area contributed by atoms with Crippen molar-refractivity contribution >= 4 is 63.9 Å². The lowest BCUT2D eigenvalue weighted by atomic mass is 10.2. The molecule has 0 aliphatic heterocycles. The predicted molar refractivity (Wildman–Crippen MR) is 88.1 cm³/mol. The molecule has 2 aromatic rings. The molecule has 0 saturated heterocycles. The van der Waals surface area contributed by atoms with Gasteiger partial charge in [0.25, 0.3) is 5.91 Å². The molecule has 0 saturated carbocycles. The van der Waals surface area contributed by atoms with Crippen molar-refractivity contribution in [2.24, 2.45) is 0 Å². The lowest BCUT2D eigenvalue weighted by molar-refractivity contribution is 0.0911. The number of aromatic nitrogens is 3. The largest absolute Gasteiger partial charge is 0.327 e. The maximum Gasteiger partial charge on any atom is 0.254 e. The second kappa shape index (κ2) is 7.23. The summed E-state index contributed by atoms with van der Waals surface area (Å²) in [7, 11) is 0. The summed E-state index contributed by atoms with van der Waals surface area (Å²) < 4.78 is -0.200. The molecule has 5 nitrogen and oxygen atoms in total. The molecule has 0 aliphatic carbocycles. The summed E-state index contributed by atoms with van der Waals surface area (Å²) >= 11 is 29.9. The van der Waals surface area contributed by atoms with E-state index in [1.165, 1.54) is 29.5 Å². The highest BCUT2D eigenvalue weighted by Gasteiger charge is 2.38. The van der Waals surface area contributed by atoms with E-state index in [1.54, 1.807) is 6.07 Å². The standard InChI is InChI=1S/C12H9Cl5N4O/c13-4-12(16,17)11(21-6-18-5-19-21)20-10(22)8-2-1-7(14)3-9(8)15/h1-3,5-6,11H,4H2,(H,20,22). The Balaban J connectivity index is 2.29. The fourth-order valence-corrected chi connectivity index (χ4v) is 2.61. The van der Waals surface area contributed by atoms with Crippen LogP contribution in [0.25, 0.3) is 0 Å². The molecule has 118 valence electrons. The van der Waals surface area contributed by atoms with Crippen LogP contribution in [0.5, 0.6) is 0 Å². The number of hydrogen-bond donors (Lipinski definition) is 1. The molecule has 2 rings (SSSR count). The van der Waals surface area contributed by atoms with Crippen molar-refractivity contribution in [2.75, 3.05) is 5.88 Å². The molecule has 1 atom stereocenters. The van der Waals surface area contributed by atoms with Gasteiger partial charge < -0.3 is 5.32 Å². The molecule has 1 amide bonds. The van der Waals surface area contributed by atoms with Gasteiger partial charge in [-0.2, -0.15) is 5.10 Å². The number of carbonyl (C=O) groups excluding carboxylic acids is 1. The summed E-state index contributed by atoms with van der Waals surface area (Å²) in [6.07, 6.45) is 1.71. The van der Waals surface area contributed by atoms with E-state index in [0.29, 0.717) is 5.02 Å². The number of nitrogens with one attached hydrogen (secondary N) is 1. The van der Waals surface area contributed by atoms with Crippen LogP contribution in [0.1, 0.15) is 16.5 Å². The monoisotopic (exact) mass is 400 g/mol. The summed E-state index contributed by atoms with van der Waals surface area (Å²) in [6, 6.07) is 4.49. The fraction of sp³-hybridized carbons (Fsp3) is 0.250. The van der Waals surface area contributed by atoms with Gasteiger partial charge in [0.2, 0.25) is 0 Å². The Morgan fingerprint density at radius 3 is 2.64 bits per heavy atom. The maximum atomic E-state index is 12.4. The quantitative estimate of drug-likeness (QED) is 0.771. The Morgan fingerprint density at radius 1 is 1.36 bits per heavy atom. The zero-order valence-corrected chi connectivity index (χ0v) is 14.6. The molecule has 1 unspecified atom stereocenters. The van der Waals surface area contributed by atoms with Crippen LogP contribution in [-0.2, 0) is 0 Å². The normalized spacial score (nSPS) is 13.0. The van der Waals surface area contributed by atoms with E-state index in [-0.39, 0.29) is 16.5 Å². The van der Waals surface area contributed by atoms with Gasteiger partial charge in [0, 0.05) is 5.02 Å². The lowest BCUT2D eigenvalue weighted by Gasteiger charge is -2.28. The topological polar surface area (TPSA) is 59.8 Å². The van der Waals surface area contributed by atoms with E-state index in [2.05, 4.69) is 15.4 Å². The van der Waals surface area contributed by atoms with Gasteiger partial charge in [-0.25, -0.2) is 9.67 Å². The van der Waals surface area contributed by atoms with E-state index in [4.69, 9.17) is 58.0 Å². The molecule has 0 aliphatic rings. The number of nitrogens with zero attached hydrogens (tertiary/aromatic N) is 3. The Kier molecular flexibility index (Phi) is 5.80. The number of halogens is 5. The molecule has 0 radical (unpaired) electrons. The van der Waals surface area contributed by atoms with Crippen LogP contribution in [0.15, 0.2) is 30.9 Å². The summed E-state index contributed by atoms with van der Waals surface area (Å²) in [5.41, 5.74) is 0.217. The molecule has 1 heterocycles. The second-order valence-electron chi connectivity index (χ2n) is 4.27. The SMILES string of the molecule is O=C(NC(n1cncn1)C(Cl)(Cl)CCl)c1ccc(Cl)cc1Cl. The van der Waals surface area contributed by atoms with Gasteiger partial charge in [-0.1, -0.05) is 46.4 Å². The Morgan fingerprint density at radius 2 is 2.09 bits per heavy atom. The maximum absolute atomic E-state index is 12.4. The highest BCUT2D eigenvalue weighted by atomic mass is 35.5. The van der Waals surface area contributed by atoms with Gasteiger partial charge in [-0.3, -0.25) is 4.79 Å². The molecular formula is C12H9Cl5N4O.